The highest BCUT2D eigenvalue weighted by Gasteiger charge is 2.30. The second-order valence-electron chi connectivity index (χ2n) is 7.27. The molecule has 1 N–H and O–H groups in total. The van der Waals surface area contributed by atoms with Crippen LogP contribution in [0.4, 0.5) is 10.1 Å². The Labute approximate surface area is 172 Å². The van der Waals surface area contributed by atoms with Crippen LogP contribution in [0.2, 0.25) is 5.02 Å². The maximum atomic E-state index is 14.0. The van der Waals surface area contributed by atoms with Crippen molar-refractivity contribution < 1.29 is 13.6 Å². The lowest BCUT2D eigenvalue weighted by molar-refractivity contribution is -0.120. The molecule has 1 heterocycles. The number of rotatable bonds is 4. The zero-order valence-electron chi connectivity index (χ0n) is 15.9. The smallest absolute Gasteiger partial charge is 0.234 e. The van der Waals surface area contributed by atoms with Crippen molar-refractivity contribution in [2.24, 2.45) is 0 Å². The van der Waals surface area contributed by atoms with Gasteiger partial charge in [-0.2, -0.15) is 0 Å². The molecule has 0 fully saturated rings. The molecule has 0 bridgehead atoms. The highest BCUT2D eigenvalue weighted by Crippen LogP contribution is 2.30. The lowest BCUT2D eigenvalue weighted by Gasteiger charge is -2.24. The summed E-state index contributed by atoms with van der Waals surface area (Å²) in [4.78, 5) is 17.3. The molecule has 4 rings (SSSR count). The number of carbonyl (C=O) groups is 1. The van der Waals surface area contributed by atoms with Gasteiger partial charge in [-0.15, -0.1) is 0 Å². The van der Waals surface area contributed by atoms with Gasteiger partial charge in [0.1, 0.15) is 11.3 Å². The van der Waals surface area contributed by atoms with Crippen molar-refractivity contribution in [3.63, 3.8) is 0 Å². The highest BCUT2D eigenvalue weighted by molar-refractivity contribution is 6.30. The van der Waals surface area contributed by atoms with Gasteiger partial charge < -0.3 is 9.73 Å². The number of halogens is 2. The van der Waals surface area contributed by atoms with Crippen molar-refractivity contribution in [3.8, 4) is 11.5 Å². The first kappa shape index (κ1) is 19.2. The molecule has 0 unspecified atom stereocenters. The third-order valence-electron chi connectivity index (χ3n) is 4.88. The number of benzene rings is 3. The van der Waals surface area contributed by atoms with Gasteiger partial charge in [-0.05, 0) is 61.9 Å². The van der Waals surface area contributed by atoms with Crippen LogP contribution in [0, 0.1) is 5.82 Å². The fraction of sp³-hybridized carbons (Fsp3) is 0.130. The molecule has 146 valence electrons. The Hall–Kier alpha value is -3.18. The number of anilines is 1. The van der Waals surface area contributed by atoms with Gasteiger partial charge in [-0.3, -0.25) is 4.79 Å². The maximum absolute atomic E-state index is 14.0. The van der Waals surface area contributed by atoms with Gasteiger partial charge in [0, 0.05) is 10.7 Å². The van der Waals surface area contributed by atoms with E-state index in [4.69, 9.17) is 16.0 Å². The summed E-state index contributed by atoms with van der Waals surface area (Å²) in [6, 6.07) is 18.6. The number of hydrogen-bond acceptors (Lipinski definition) is 3. The van der Waals surface area contributed by atoms with E-state index in [1.807, 2.05) is 26.0 Å². The molecule has 0 saturated heterocycles. The van der Waals surface area contributed by atoms with Crippen LogP contribution in [0.1, 0.15) is 19.4 Å². The molecule has 0 spiro atoms. The van der Waals surface area contributed by atoms with Crippen molar-refractivity contribution >= 4 is 34.3 Å². The molecule has 6 heteroatoms. The number of nitrogens with one attached hydrogen (secondary N) is 1. The number of oxazole rings is 1. The van der Waals surface area contributed by atoms with Gasteiger partial charge in [-0.25, -0.2) is 9.37 Å². The first-order valence-corrected chi connectivity index (χ1v) is 9.45. The monoisotopic (exact) mass is 408 g/mol. The van der Waals surface area contributed by atoms with Gasteiger partial charge in [0.15, 0.2) is 5.58 Å². The van der Waals surface area contributed by atoms with Crippen LogP contribution in [0.5, 0.6) is 0 Å². The normalized spacial score (nSPS) is 11.6. The summed E-state index contributed by atoms with van der Waals surface area (Å²) in [5.41, 5.74) is 2.00. The topological polar surface area (TPSA) is 55.1 Å². The van der Waals surface area contributed by atoms with Crippen LogP contribution >= 0.6 is 11.6 Å². The Morgan fingerprint density at radius 2 is 1.79 bits per heavy atom. The van der Waals surface area contributed by atoms with Gasteiger partial charge in [0.05, 0.1) is 11.0 Å². The molecule has 3 aromatic carbocycles. The van der Waals surface area contributed by atoms with Crippen LogP contribution in [0.15, 0.2) is 71.1 Å². The minimum atomic E-state index is -0.762. The summed E-state index contributed by atoms with van der Waals surface area (Å²) in [6.07, 6.45) is 0. The van der Waals surface area contributed by atoms with Crippen LogP contribution in [0.25, 0.3) is 22.6 Å². The molecule has 0 atom stereocenters. The van der Waals surface area contributed by atoms with Gasteiger partial charge in [0.2, 0.25) is 11.8 Å². The van der Waals surface area contributed by atoms with Crippen molar-refractivity contribution in [2.75, 3.05) is 5.32 Å². The second kappa shape index (κ2) is 7.33. The molecule has 4 nitrogen and oxygen atoms in total. The molecule has 0 saturated carbocycles. The summed E-state index contributed by atoms with van der Waals surface area (Å²) in [6.45, 7) is 3.69. The summed E-state index contributed by atoms with van der Waals surface area (Å²) in [5.74, 6) is -0.377. The average molecular weight is 409 g/mol. The van der Waals surface area contributed by atoms with Gasteiger partial charge >= 0.3 is 0 Å². The van der Waals surface area contributed by atoms with Gasteiger partial charge in [0.25, 0.3) is 0 Å². The zero-order chi connectivity index (χ0) is 20.6. The number of amides is 1. The number of hydrogen-bond donors (Lipinski definition) is 1. The van der Waals surface area contributed by atoms with E-state index >= 15 is 0 Å². The third kappa shape index (κ3) is 3.74. The zero-order valence-corrected chi connectivity index (χ0v) is 16.6. The molecule has 0 aliphatic rings. The van der Waals surface area contributed by atoms with E-state index in [0.717, 1.165) is 5.56 Å². The van der Waals surface area contributed by atoms with E-state index in [1.165, 1.54) is 6.07 Å². The number of nitrogens with zero attached hydrogens (tertiary/aromatic N) is 1. The second-order valence-corrected chi connectivity index (χ2v) is 7.70. The summed E-state index contributed by atoms with van der Waals surface area (Å²) in [5, 5.41) is 3.54. The maximum Gasteiger partial charge on any atom is 0.234 e. The van der Waals surface area contributed by atoms with Crippen LogP contribution in [-0.4, -0.2) is 10.9 Å². The first-order valence-electron chi connectivity index (χ1n) is 9.07. The predicted octanol–water partition coefficient (Wildman–Crippen LogP) is 6.20. The van der Waals surface area contributed by atoms with Gasteiger partial charge in [-0.1, -0.05) is 35.9 Å². The largest absolute Gasteiger partial charge is 0.436 e. The minimum absolute atomic E-state index is 0.169. The number of aromatic nitrogens is 1. The molecule has 1 aromatic heterocycles. The van der Waals surface area contributed by atoms with Crippen molar-refractivity contribution in [2.45, 2.75) is 19.3 Å². The Morgan fingerprint density at radius 3 is 2.52 bits per heavy atom. The molecule has 1 amide bonds. The van der Waals surface area contributed by atoms with Crippen molar-refractivity contribution in [3.05, 3.63) is 83.1 Å². The van der Waals surface area contributed by atoms with E-state index in [9.17, 15) is 9.18 Å². The predicted molar refractivity (Wildman–Crippen MR) is 113 cm³/mol. The van der Waals surface area contributed by atoms with E-state index < -0.39 is 11.2 Å². The quantitative estimate of drug-likeness (QED) is 0.437. The SMILES string of the molecule is CC(C)(C(=O)Nc1ccc2oc(-c3ccccc3F)nc2c1)c1ccc(Cl)cc1. The highest BCUT2D eigenvalue weighted by atomic mass is 35.5. The molecule has 4 aromatic rings. The molecular formula is C23H18ClFN2O2. The molecular weight excluding hydrogens is 391 g/mol. The molecule has 0 aliphatic carbocycles. The molecule has 29 heavy (non-hydrogen) atoms. The van der Waals surface area contributed by atoms with E-state index in [-0.39, 0.29) is 17.4 Å². The Kier molecular flexibility index (Phi) is 4.84. The third-order valence-corrected chi connectivity index (χ3v) is 5.14. The standard InChI is InChI=1S/C23H18ClFN2O2/c1-23(2,14-7-9-15(24)10-8-14)22(28)26-16-11-12-20-19(13-16)27-21(29-20)17-5-3-4-6-18(17)25/h3-13H,1-2H3,(H,26,28). The number of fused-ring (bicyclic) bond motifs is 1. The Bertz CT molecular complexity index is 1200. The fourth-order valence-electron chi connectivity index (χ4n) is 3.04. The molecule has 0 radical (unpaired) electrons. The van der Waals surface area contributed by atoms with Crippen LogP contribution in [0.3, 0.4) is 0 Å². The number of carbonyl (C=O) groups excluding carboxylic acids is 1. The fourth-order valence-corrected chi connectivity index (χ4v) is 3.17. The van der Waals surface area contributed by atoms with Crippen LogP contribution < -0.4 is 5.32 Å². The molecule has 0 aliphatic heterocycles. The minimum Gasteiger partial charge on any atom is -0.436 e. The first-order chi connectivity index (χ1) is 13.8. The lowest BCUT2D eigenvalue weighted by atomic mass is 9.83. The van der Waals surface area contributed by atoms with E-state index in [2.05, 4.69) is 10.3 Å². The lowest BCUT2D eigenvalue weighted by Crippen LogP contribution is -2.34. The Morgan fingerprint density at radius 1 is 1.07 bits per heavy atom. The van der Waals surface area contributed by atoms with Crippen molar-refractivity contribution in [1.82, 2.24) is 4.98 Å². The summed E-state index contributed by atoms with van der Waals surface area (Å²) >= 11 is 5.94. The van der Waals surface area contributed by atoms with Crippen LogP contribution in [-0.2, 0) is 10.2 Å². The van der Waals surface area contributed by atoms with E-state index in [1.54, 1.807) is 48.5 Å². The van der Waals surface area contributed by atoms with Crippen molar-refractivity contribution in [1.29, 1.82) is 0 Å². The summed E-state index contributed by atoms with van der Waals surface area (Å²) in [7, 11) is 0. The summed E-state index contributed by atoms with van der Waals surface area (Å²) < 4.78 is 19.7. The Balaban J connectivity index is 1.60. The van der Waals surface area contributed by atoms with E-state index in [0.29, 0.717) is 21.8 Å². The average Bonchev–Trinajstić information content (AvgIpc) is 3.11.